The van der Waals surface area contributed by atoms with Crippen LogP contribution in [0.3, 0.4) is 0 Å². The van der Waals surface area contributed by atoms with Crippen LogP contribution in [0, 0.1) is 0 Å². The van der Waals surface area contributed by atoms with Gasteiger partial charge in [-0.25, -0.2) is 0 Å². The fourth-order valence-electron chi connectivity index (χ4n) is 2.06. The molecule has 82 valence electrons. The molecule has 1 aromatic rings. The first-order chi connectivity index (χ1) is 7.09. The van der Waals surface area contributed by atoms with Gasteiger partial charge in [0.25, 0.3) is 0 Å². The van der Waals surface area contributed by atoms with Crippen molar-refractivity contribution in [1.82, 2.24) is 0 Å². The van der Waals surface area contributed by atoms with Crippen LogP contribution < -0.4 is 0 Å². The van der Waals surface area contributed by atoms with E-state index in [-0.39, 0.29) is 12.2 Å². The quantitative estimate of drug-likeness (QED) is 0.740. The highest BCUT2D eigenvalue weighted by Crippen LogP contribution is 2.31. The number of hydrogen-bond donors (Lipinski definition) is 0. The summed E-state index contributed by atoms with van der Waals surface area (Å²) in [4.78, 5) is 0. The number of rotatable bonds is 2. The van der Waals surface area contributed by atoms with Crippen LogP contribution in [-0.4, -0.2) is 18.0 Å². The molecule has 0 aliphatic carbocycles. The Balaban J connectivity index is 2.06. The summed E-state index contributed by atoms with van der Waals surface area (Å²) < 4.78 is 11.7. The van der Waals surface area contributed by atoms with E-state index in [1.54, 1.807) is 0 Å². The van der Waals surface area contributed by atoms with Gasteiger partial charge in [-0.1, -0.05) is 30.3 Å². The SMILES string of the molecule is C[C@@H]1OC(C)(Cc2ccccc2)O[C@@H]1C. The van der Waals surface area contributed by atoms with Gasteiger partial charge in [0.05, 0.1) is 12.2 Å². The van der Waals surface area contributed by atoms with Crippen molar-refractivity contribution < 1.29 is 9.47 Å². The molecule has 1 unspecified atom stereocenters. The lowest BCUT2D eigenvalue weighted by Gasteiger charge is -2.23. The van der Waals surface area contributed by atoms with Gasteiger partial charge in [-0.15, -0.1) is 0 Å². The van der Waals surface area contributed by atoms with E-state index in [0.29, 0.717) is 0 Å². The standard InChI is InChI=1S/C13H18O2/c1-10-11(2)15-13(3,14-10)9-12-7-5-4-6-8-12/h4-8,10-11H,9H2,1-3H3/t10-,11+,13?. The first-order valence-electron chi connectivity index (χ1n) is 5.49. The molecule has 1 aliphatic rings. The number of benzene rings is 1. The lowest BCUT2D eigenvalue weighted by molar-refractivity contribution is -0.157. The molecule has 0 bridgehead atoms. The molecule has 0 radical (unpaired) electrons. The van der Waals surface area contributed by atoms with Gasteiger partial charge < -0.3 is 9.47 Å². The molecular formula is C13H18O2. The van der Waals surface area contributed by atoms with Gasteiger partial charge in [0.2, 0.25) is 0 Å². The van der Waals surface area contributed by atoms with E-state index in [1.807, 2.05) is 25.1 Å². The molecule has 15 heavy (non-hydrogen) atoms. The molecule has 0 saturated carbocycles. The molecule has 3 atom stereocenters. The molecule has 0 aromatic heterocycles. The molecule has 1 heterocycles. The van der Waals surface area contributed by atoms with Crippen molar-refractivity contribution >= 4 is 0 Å². The highest BCUT2D eigenvalue weighted by molar-refractivity contribution is 5.16. The zero-order chi connectivity index (χ0) is 10.9. The minimum Gasteiger partial charge on any atom is -0.344 e. The summed E-state index contributed by atoms with van der Waals surface area (Å²) in [6, 6.07) is 10.3. The third kappa shape index (κ3) is 2.39. The van der Waals surface area contributed by atoms with Crippen LogP contribution in [0.5, 0.6) is 0 Å². The summed E-state index contributed by atoms with van der Waals surface area (Å²) in [5, 5.41) is 0. The topological polar surface area (TPSA) is 18.5 Å². The zero-order valence-corrected chi connectivity index (χ0v) is 9.57. The Kier molecular flexibility index (Phi) is 2.81. The van der Waals surface area contributed by atoms with E-state index >= 15 is 0 Å². The summed E-state index contributed by atoms with van der Waals surface area (Å²) in [7, 11) is 0. The molecule has 0 spiro atoms. The van der Waals surface area contributed by atoms with Crippen molar-refractivity contribution in [3.63, 3.8) is 0 Å². The number of hydrogen-bond acceptors (Lipinski definition) is 2. The van der Waals surface area contributed by atoms with Crippen molar-refractivity contribution in [2.24, 2.45) is 0 Å². The van der Waals surface area contributed by atoms with Gasteiger partial charge in [0.15, 0.2) is 5.79 Å². The van der Waals surface area contributed by atoms with E-state index in [2.05, 4.69) is 26.0 Å². The highest BCUT2D eigenvalue weighted by Gasteiger charge is 2.39. The lowest BCUT2D eigenvalue weighted by atomic mass is 10.1. The molecular weight excluding hydrogens is 188 g/mol. The average Bonchev–Trinajstić information content (AvgIpc) is 2.42. The van der Waals surface area contributed by atoms with E-state index in [9.17, 15) is 0 Å². The normalized spacial score (nSPS) is 35.7. The molecule has 2 heteroatoms. The minimum atomic E-state index is -0.458. The van der Waals surface area contributed by atoms with Gasteiger partial charge in [0.1, 0.15) is 0 Å². The van der Waals surface area contributed by atoms with E-state index in [4.69, 9.17) is 9.47 Å². The average molecular weight is 206 g/mol. The Morgan fingerprint density at radius 1 is 1.07 bits per heavy atom. The highest BCUT2D eigenvalue weighted by atomic mass is 16.7. The summed E-state index contributed by atoms with van der Waals surface area (Å²) in [6.45, 7) is 6.13. The van der Waals surface area contributed by atoms with Crippen LogP contribution in [0.4, 0.5) is 0 Å². The monoisotopic (exact) mass is 206 g/mol. The maximum Gasteiger partial charge on any atom is 0.170 e. The van der Waals surface area contributed by atoms with Crippen molar-refractivity contribution in [3.8, 4) is 0 Å². The van der Waals surface area contributed by atoms with E-state index < -0.39 is 5.79 Å². The van der Waals surface area contributed by atoms with Gasteiger partial charge in [-0.2, -0.15) is 0 Å². The molecule has 1 aliphatic heterocycles. The van der Waals surface area contributed by atoms with Crippen molar-refractivity contribution in [2.45, 2.75) is 45.2 Å². The van der Waals surface area contributed by atoms with Crippen molar-refractivity contribution in [1.29, 1.82) is 0 Å². The fourth-order valence-corrected chi connectivity index (χ4v) is 2.06. The molecule has 1 saturated heterocycles. The largest absolute Gasteiger partial charge is 0.344 e. The van der Waals surface area contributed by atoms with Crippen LogP contribution >= 0.6 is 0 Å². The second-order valence-electron chi connectivity index (χ2n) is 4.44. The van der Waals surface area contributed by atoms with E-state index in [1.165, 1.54) is 5.56 Å². The Bertz CT molecular complexity index is 311. The smallest absolute Gasteiger partial charge is 0.170 e. The summed E-state index contributed by atoms with van der Waals surface area (Å²) >= 11 is 0. The fraction of sp³-hybridized carbons (Fsp3) is 0.538. The maximum atomic E-state index is 5.84. The summed E-state index contributed by atoms with van der Waals surface area (Å²) in [5.41, 5.74) is 1.25. The van der Waals surface area contributed by atoms with Crippen molar-refractivity contribution in [3.05, 3.63) is 35.9 Å². The van der Waals surface area contributed by atoms with Gasteiger partial charge in [-0.05, 0) is 26.3 Å². The Morgan fingerprint density at radius 3 is 2.13 bits per heavy atom. The molecule has 1 aromatic carbocycles. The molecule has 2 rings (SSSR count). The molecule has 1 fully saturated rings. The van der Waals surface area contributed by atoms with Gasteiger partial charge in [-0.3, -0.25) is 0 Å². The third-order valence-electron chi connectivity index (χ3n) is 2.90. The maximum absolute atomic E-state index is 5.84. The second-order valence-corrected chi connectivity index (χ2v) is 4.44. The van der Waals surface area contributed by atoms with Crippen LogP contribution in [-0.2, 0) is 15.9 Å². The van der Waals surface area contributed by atoms with Crippen LogP contribution in [0.1, 0.15) is 26.3 Å². The Hall–Kier alpha value is -0.860. The first-order valence-corrected chi connectivity index (χ1v) is 5.49. The predicted molar refractivity (Wildman–Crippen MR) is 59.6 cm³/mol. The minimum absolute atomic E-state index is 0.179. The van der Waals surface area contributed by atoms with Crippen LogP contribution in [0.2, 0.25) is 0 Å². The predicted octanol–water partition coefficient (Wildman–Crippen LogP) is 2.77. The van der Waals surface area contributed by atoms with Crippen molar-refractivity contribution in [2.75, 3.05) is 0 Å². The lowest BCUT2D eigenvalue weighted by Crippen LogP contribution is -2.29. The number of ether oxygens (including phenoxy) is 2. The van der Waals surface area contributed by atoms with E-state index in [0.717, 1.165) is 6.42 Å². The third-order valence-corrected chi connectivity index (χ3v) is 2.90. The Labute approximate surface area is 91.2 Å². The summed E-state index contributed by atoms with van der Waals surface area (Å²) in [6.07, 6.45) is 1.17. The second kappa shape index (κ2) is 3.95. The van der Waals surface area contributed by atoms with Gasteiger partial charge in [0, 0.05) is 6.42 Å². The van der Waals surface area contributed by atoms with Gasteiger partial charge >= 0.3 is 0 Å². The van der Waals surface area contributed by atoms with Crippen LogP contribution in [0.25, 0.3) is 0 Å². The Morgan fingerprint density at radius 2 is 1.60 bits per heavy atom. The molecule has 0 N–H and O–H groups in total. The first kappa shape index (κ1) is 10.7. The zero-order valence-electron chi connectivity index (χ0n) is 9.57. The molecule has 2 nitrogen and oxygen atoms in total. The summed E-state index contributed by atoms with van der Waals surface area (Å²) in [5.74, 6) is -0.458. The molecule has 0 amide bonds. The van der Waals surface area contributed by atoms with Crippen LogP contribution in [0.15, 0.2) is 30.3 Å².